The van der Waals surface area contributed by atoms with Crippen LogP contribution in [0.4, 0.5) is 0 Å². The summed E-state index contributed by atoms with van der Waals surface area (Å²) in [7, 11) is 0. The fraction of sp³-hybridized carbons (Fsp3) is 0.344. The number of carbonyl (C=O) groups is 1. The first kappa shape index (κ1) is 25.1. The molecule has 3 heterocycles. The summed E-state index contributed by atoms with van der Waals surface area (Å²) in [4.78, 5) is 21.3. The third kappa shape index (κ3) is 5.28. The Labute approximate surface area is 218 Å². The average Bonchev–Trinajstić information content (AvgIpc) is 3.32. The van der Waals surface area contributed by atoms with Crippen molar-refractivity contribution < 1.29 is 9.53 Å². The summed E-state index contributed by atoms with van der Waals surface area (Å²) in [6, 6.07) is 8.30. The topological polar surface area (TPSA) is 78.3 Å². The van der Waals surface area contributed by atoms with Gasteiger partial charge in [-0.3, -0.25) is 15.2 Å². The molecule has 0 radical (unpaired) electrons. The number of nitrogens with zero attached hydrogens (tertiary/aromatic N) is 1. The third-order valence-electron chi connectivity index (χ3n) is 7.89. The van der Waals surface area contributed by atoms with E-state index in [1.165, 1.54) is 11.3 Å². The van der Waals surface area contributed by atoms with Crippen LogP contribution in [0.2, 0.25) is 0 Å². The number of rotatable bonds is 6. The van der Waals surface area contributed by atoms with E-state index in [1.54, 1.807) is 6.08 Å². The number of ketones is 1. The minimum atomic E-state index is -0.118. The Morgan fingerprint density at radius 1 is 1.11 bits per heavy atom. The highest BCUT2D eigenvalue weighted by Crippen LogP contribution is 2.31. The molecule has 2 aromatic rings. The molecule has 2 N–H and O–H groups in total. The number of benzene rings is 1. The first-order valence-corrected chi connectivity index (χ1v) is 13.1. The molecule has 3 aliphatic rings. The highest BCUT2D eigenvalue weighted by molar-refractivity contribution is 6.33. The van der Waals surface area contributed by atoms with Gasteiger partial charge in [0.2, 0.25) is 0 Å². The van der Waals surface area contributed by atoms with Crippen LogP contribution in [0.25, 0.3) is 22.6 Å². The third-order valence-corrected chi connectivity index (χ3v) is 7.89. The first-order valence-electron chi connectivity index (χ1n) is 13.1. The average molecular weight is 494 g/mol. The summed E-state index contributed by atoms with van der Waals surface area (Å²) < 4.78 is 5.51. The SMILES string of the molecule is CC1=CC(c2cc3cc(C=CC(=O)C4=C(C)C(C)=C(C)C4=N)ccc3[nH]2)=CN=C(CC2CCOCC2)C1. The van der Waals surface area contributed by atoms with Crippen molar-refractivity contribution in [2.24, 2.45) is 10.9 Å². The summed E-state index contributed by atoms with van der Waals surface area (Å²) in [5.41, 5.74) is 10.4. The number of fused-ring (bicyclic) bond motifs is 1. The number of aliphatic imine (C=N–C) groups is 1. The Kier molecular flexibility index (Phi) is 7.07. The summed E-state index contributed by atoms with van der Waals surface area (Å²) >= 11 is 0. The van der Waals surface area contributed by atoms with Crippen LogP contribution < -0.4 is 0 Å². The molecule has 1 saturated heterocycles. The number of H-pyrrole nitrogens is 1. The molecule has 190 valence electrons. The van der Waals surface area contributed by atoms with Gasteiger partial charge in [0, 0.05) is 53.7 Å². The molecule has 1 aliphatic carbocycles. The smallest absolute Gasteiger partial charge is 0.188 e. The largest absolute Gasteiger partial charge is 0.381 e. The lowest BCUT2D eigenvalue weighted by molar-refractivity contribution is -0.110. The van der Waals surface area contributed by atoms with Crippen LogP contribution >= 0.6 is 0 Å². The molecular formula is C32H35N3O2. The van der Waals surface area contributed by atoms with Gasteiger partial charge in [-0.15, -0.1) is 0 Å². The van der Waals surface area contributed by atoms with Gasteiger partial charge in [-0.25, -0.2) is 0 Å². The highest BCUT2D eigenvalue weighted by atomic mass is 16.5. The van der Waals surface area contributed by atoms with E-state index in [-0.39, 0.29) is 5.78 Å². The number of allylic oxidation sites excluding steroid dienone is 8. The molecule has 1 aromatic carbocycles. The van der Waals surface area contributed by atoms with E-state index in [1.807, 2.05) is 39.1 Å². The van der Waals surface area contributed by atoms with Crippen molar-refractivity contribution in [2.45, 2.75) is 53.4 Å². The van der Waals surface area contributed by atoms with Gasteiger partial charge in [0.1, 0.15) is 0 Å². The molecule has 1 fully saturated rings. The second kappa shape index (κ2) is 10.4. The van der Waals surface area contributed by atoms with Crippen molar-refractivity contribution in [2.75, 3.05) is 13.2 Å². The monoisotopic (exact) mass is 493 g/mol. The lowest BCUT2D eigenvalue weighted by Gasteiger charge is -2.22. The predicted octanol–water partition coefficient (Wildman–Crippen LogP) is 7.39. The van der Waals surface area contributed by atoms with E-state index >= 15 is 0 Å². The Bertz CT molecular complexity index is 1470. The summed E-state index contributed by atoms with van der Waals surface area (Å²) in [6.07, 6.45) is 11.9. The molecule has 0 saturated carbocycles. The lowest BCUT2D eigenvalue weighted by Crippen LogP contribution is -2.18. The van der Waals surface area contributed by atoms with Gasteiger partial charge in [0.05, 0.1) is 11.3 Å². The normalized spacial score (nSPS) is 19.6. The van der Waals surface area contributed by atoms with Crippen molar-refractivity contribution in [3.63, 3.8) is 0 Å². The van der Waals surface area contributed by atoms with E-state index in [0.717, 1.165) is 83.3 Å². The van der Waals surface area contributed by atoms with Crippen molar-refractivity contribution >= 4 is 39.8 Å². The number of aromatic amines is 1. The lowest BCUT2D eigenvalue weighted by atomic mass is 9.92. The Hall–Kier alpha value is -3.57. The zero-order chi connectivity index (χ0) is 26.1. The predicted molar refractivity (Wildman–Crippen MR) is 153 cm³/mol. The fourth-order valence-corrected chi connectivity index (χ4v) is 5.44. The maximum atomic E-state index is 12.9. The molecule has 0 amide bonds. The van der Waals surface area contributed by atoms with Crippen LogP contribution in [-0.2, 0) is 9.53 Å². The maximum absolute atomic E-state index is 12.9. The van der Waals surface area contributed by atoms with Gasteiger partial charge >= 0.3 is 0 Å². The van der Waals surface area contributed by atoms with Gasteiger partial charge < -0.3 is 9.72 Å². The van der Waals surface area contributed by atoms with Gasteiger partial charge in [-0.2, -0.15) is 0 Å². The molecule has 1 aromatic heterocycles. The molecule has 2 aliphatic heterocycles. The number of hydrogen-bond acceptors (Lipinski definition) is 4. The number of aromatic nitrogens is 1. The summed E-state index contributed by atoms with van der Waals surface area (Å²) in [5.74, 6) is 0.553. The number of nitrogens with one attached hydrogen (secondary N) is 2. The van der Waals surface area contributed by atoms with E-state index in [0.29, 0.717) is 17.2 Å². The number of carbonyl (C=O) groups excluding carboxylic acids is 1. The summed E-state index contributed by atoms with van der Waals surface area (Å²) in [5, 5.41) is 9.39. The van der Waals surface area contributed by atoms with Crippen molar-refractivity contribution in [1.29, 1.82) is 5.41 Å². The van der Waals surface area contributed by atoms with Crippen molar-refractivity contribution in [3.8, 4) is 0 Å². The van der Waals surface area contributed by atoms with Crippen molar-refractivity contribution in [1.82, 2.24) is 4.98 Å². The minimum absolute atomic E-state index is 0.118. The molecule has 5 nitrogen and oxygen atoms in total. The second-order valence-corrected chi connectivity index (χ2v) is 10.6. The van der Waals surface area contributed by atoms with E-state index in [4.69, 9.17) is 15.1 Å². The van der Waals surface area contributed by atoms with E-state index in [9.17, 15) is 4.79 Å². The highest BCUT2D eigenvalue weighted by Gasteiger charge is 2.25. The van der Waals surface area contributed by atoms with Crippen LogP contribution in [0, 0.1) is 11.3 Å². The summed E-state index contributed by atoms with van der Waals surface area (Å²) in [6.45, 7) is 9.71. The molecule has 0 atom stereocenters. The quantitative estimate of drug-likeness (QED) is 0.412. The van der Waals surface area contributed by atoms with Crippen molar-refractivity contribution in [3.05, 3.63) is 81.7 Å². The molecular weight excluding hydrogens is 458 g/mol. The second-order valence-electron chi connectivity index (χ2n) is 10.6. The standard InChI is InChI=1S/C32H35N3O2/c1-19-13-26(18-34-27(14-19)16-24-9-11-37-12-10-24)29-17-25-15-23(5-7-28(25)35-29)6-8-30(36)31-21(3)20(2)22(4)32(31)33/h5-8,13,15,17-18,24,33,35H,9-12,14,16H2,1-4H3. The Morgan fingerprint density at radius 2 is 1.89 bits per heavy atom. The Morgan fingerprint density at radius 3 is 2.62 bits per heavy atom. The van der Waals surface area contributed by atoms with E-state index < -0.39 is 0 Å². The zero-order valence-corrected chi connectivity index (χ0v) is 22.2. The first-order chi connectivity index (χ1) is 17.8. The van der Waals surface area contributed by atoms with Gasteiger partial charge in [-0.05, 0) is 99.4 Å². The molecule has 5 heteroatoms. The minimum Gasteiger partial charge on any atom is -0.381 e. The Balaban J connectivity index is 1.34. The fourth-order valence-electron chi connectivity index (χ4n) is 5.44. The maximum Gasteiger partial charge on any atom is 0.188 e. The van der Waals surface area contributed by atoms with Crippen LogP contribution in [0.15, 0.2) is 75.5 Å². The van der Waals surface area contributed by atoms with Crippen LogP contribution in [0.1, 0.15) is 64.6 Å². The molecule has 0 unspecified atom stereocenters. The zero-order valence-electron chi connectivity index (χ0n) is 22.2. The van der Waals surface area contributed by atoms with Gasteiger partial charge in [0.25, 0.3) is 0 Å². The molecule has 0 spiro atoms. The van der Waals surface area contributed by atoms with Crippen LogP contribution in [0.5, 0.6) is 0 Å². The van der Waals surface area contributed by atoms with E-state index in [2.05, 4.69) is 36.2 Å². The van der Waals surface area contributed by atoms with Crippen LogP contribution in [0.3, 0.4) is 0 Å². The molecule has 0 bridgehead atoms. The molecule has 5 rings (SSSR count). The molecule has 37 heavy (non-hydrogen) atoms. The van der Waals surface area contributed by atoms with Gasteiger partial charge in [0.15, 0.2) is 5.78 Å². The van der Waals surface area contributed by atoms with Gasteiger partial charge in [-0.1, -0.05) is 23.8 Å². The number of hydrogen-bond donors (Lipinski definition) is 2. The van der Waals surface area contributed by atoms with Crippen LogP contribution in [-0.4, -0.2) is 35.4 Å². The number of ether oxygens (including phenoxy) is 1.